The Morgan fingerprint density at radius 1 is 1.03 bits per heavy atom. The molecule has 0 saturated carbocycles. The molecule has 0 spiro atoms. The van der Waals surface area contributed by atoms with E-state index >= 15 is 0 Å². The number of rotatable bonds is 8. The van der Waals surface area contributed by atoms with Crippen molar-refractivity contribution in [1.29, 1.82) is 5.26 Å². The maximum Gasteiger partial charge on any atom is 0.283 e. The number of nitrogens with zero attached hydrogens (tertiary/aromatic N) is 2. The summed E-state index contributed by atoms with van der Waals surface area (Å²) in [5.74, 6) is -0.999. The molecule has 0 radical (unpaired) electrons. The summed E-state index contributed by atoms with van der Waals surface area (Å²) in [6.07, 6.45) is 1.26. The molecule has 0 heterocycles. The fourth-order valence-electron chi connectivity index (χ4n) is 2.80. The predicted octanol–water partition coefficient (Wildman–Crippen LogP) is 5.52. The van der Waals surface area contributed by atoms with E-state index in [1.807, 2.05) is 6.07 Å². The molecule has 0 aromatic heterocycles. The molecule has 170 valence electrons. The fourth-order valence-corrected chi connectivity index (χ4v) is 3.73. The van der Waals surface area contributed by atoms with Gasteiger partial charge >= 0.3 is 0 Å². The smallest absolute Gasteiger partial charge is 0.283 e. The van der Waals surface area contributed by atoms with Crippen LogP contribution >= 0.6 is 23.4 Å². The van der Waals surface area contributed by atoms with Gasteiger partial charge in [-0.3, -0.25) is 19.7 Å². The fraction of sp³-hybridized carbons (Fsp3) is 0.0417. The van der Waals surface area contributed by atoms with Crippen molar-refractivity contribution < 1.29 is 14.5 Å². The highest BCUT2D eigenvalue weighted by Crippen LogP contribution is 2.31. The molecule has 0 atom stereocenters. The van der Waals surface area contributed by atoms with Crippen LogP contribution in [0.3, 0.4) is 0 Å². The lowest BCUT2D eigenvalue weighted by Gasteiger charge is -2.07. The van der Waals surface area contributed by atoms with Crippen molar-refractivity contribution in [2.24, 2.45) is 0 Å². The van der Waals surface area contributed by atoms with E-state index in [0.29, 0.717) is 22.0 Å². The van der Waals surface area contributed by atoms with Crippen molar-refractivity contribution in [2.45, 2.75) is 4.90 Å². The van der Waals surface area contributed by atoms with Crippen LogP contribution in [0.2, 0.25) is 5.02 Å². The number of carbonyl (C=O) groups is 2. The van der Waals surface area contributed by atoms with Gasteiger partial charge in [0.05, 0.1) is 15.6 Å². The molecule has 0 fully saturated rings. The maximum absolute atomic E-state index is 12.4. The zero-order valence-electron chi connectivity index (χ0n) is 17.5. The molecule has 0 bridgehead atoms. The van der Waals surface area contributed by atoms with Gasteiger partial charge in [0.15, 0.2) is 0 Å². The van der Waals surface area contributed by atoms with Crippen molar-refractivity contribution >= 4 is 58.3 Å². The van der Waals surface area contributed by atoms with Gasteiger partial charge in [-0.25, -0.2) is 0 Å². The van der Waals surface area contributed by atoms with Gasteiger partial charge in [-0.15, -0.1) is 11.8 Å². The van der Waals surface area contributed by atoms with Gasteiger partial charge in [0.1, 0.15) is 11.6 Å². The minimum atomic E-state index is -0.663. The lowest BCUT2D eigenvalue weighted by Crippen LogP contribution is -2.14. The Kier molecular flexibility index (Phi) is 8.40. The van der Waals surface area contributed by atoms with E-state index < -0.39 is 10.8 Å². The van der Waals surface area contributed by atoms with Gasteiger partial charge in [0, 0.05) is 22.5 Å². The van der Waals surface area contributed by atoms with Gasteiger partial charge in [0.2, 0.25) is 5.91 Å². The van der Waals surface area contributed by atoms with E-state index in [4.69, 9.17) is 11.6 Å². The summed E-state index contributed by atoms with van der Waals surface area (Å²) in [4.78, 5) is 35.9. The summed E-state index contributed by atoms with van der Waals surface area (Å²) in [5.41, 5.74) is 0.909. The van der Waals surface area contributed by atoms with Gasteiger partial charge in [-0.05, 0) is 54.1 Å². The quantitative estimate of drug-likeness (QED) is 0.140. The molecule has 34 heavy (non-hydrogen) atoms. The number of hydrogen-bond donors (Lipinski definition) is 2. The van der Waals surface area contributed by atoms with E-state index in [1.165, 1.54) is 24.3 Å². The van der Waals surface area contributed by atoms with Crippen LogP contribution in [-0.4, -0.2) is 22.5 Å². The van der Waals surface area contributed by atoms with Crippen LogP contribution in [-0.2, 0) is 9.59 Å². The predicted molar refractivity (Wildman–Crippen MR) is 133 cm³/mol. The van der Waals surface area contributed by atoms with Crippen LogP contribution in [0.4, 0.5) is 17.1 Å². The molecule has 0 saturated heterocycles. The molecular formula is C24H17ClN4O4S. The monoisotopic (exact) mass is 492 g/mol. The maximum atomic E-state index is 12.4. The SMILES string of the molecule is N#C/C(=C\c1ccc(SCC(=O)Nc2ccccc2)c([N+](=O)[O-])c1)C(=O)Nc1ccc(Cl)cc1. The number of nitro benzene ring substituents is 1. The number of nitro groups is 1. The lowest BCUT2D eigenvalue weighted by atomic mass is 10.1. The van der Waals surface area contributed by atoms with Crippen molar-refractivity contribution in [3.05, 3.63) is 99.1 Å². The van der Waals surface area contributed by atoms with Crippen molar-refractivity contribution in [3.63, 3.8) is 0 Å². The number of anilines is 2. The largest absolute Gasteiger partial charge is 0.325 e. The second-order valence-electron chi connectivity index (χ2n) is 6.82. The Hall–Kier alpha value is -4.13. The highest BCUT2D eigenvalue weighted by molar-refractivity contribution is 8.00. The molecule has 10 heteroatoms. The molecule has 3 rings (SSSR count). The zero-order chi connectivity index (χ0) is 24.5. The summed E-state index contributed by atoms with van der Waals surface area (Å²) in [6.45, 7) is 0. The molecule has 0 aliphatic rings. The van der Waals surface area contributed by atoms with Gasteiger partial charge in [-0.1, -0.05) is 35.9 Å². The Labute approximate surface area is 204 Å². The molecule has 3 aromatic carbocycles. The summed E-state index contributed by atoms with van der Waals surface area (Å²) in [7, 11) is 0. The number of amides is 2. The third kappa shape index (κ3) is 6.93. The van der Waals surface area contributed by atoms with E-state index in [9.17, 15) is 25.0 Å². The molecule has 0 unspecified atom stereocenters. The average molecular weight is 493 g/mol. The minimum Gasteiger partial charge on any atom is -0.325 e. The number of halogens is 1. The van der Waals surface area contributed by atoms with E-state index in [-0.39, 0.29) is 27.8 Å². The molecule has 8 nitrogen and oxygen atoms in total. The third-order valence-electron chi connectivity index (χ3n) is 4.37. The van der Waals surface area contributed by atoms with Gasteiger partial charge in [0.25, 0.3) is 11.6 Å². The Morgan fingerprint density at radius 3 is 2.35 bits per heavy atom. The van der Waals surface area contributed by atoms with E-state index in [2.05, 4.69) is 10.6 Å². The Bertz CT molecular complexity index is 1290. The molecule has 2 N–H and O–H groups in total. The highest BCUT2D eigenvalue weighted by atomic mass is 35.5. The van der Waals surface area contributed by atoms with Gasteiger partial charge < -0.3 is 10.6 Å². The van der Waals surface area contributed by atoms with Crippen LogP contribution in [0.15, 0.2) is 83.3 Å². The molecule has 0 aliphatic carbocycles. The topological polar surface area (TPSA) is 125 Å². The van der Waals surface area contributed by atoms with Crippen molar-refractivity contribution in [1.82, 2.24) is 0 Å². The van der Waals surface area contributed by atoms with E-state index in [1.54, 1.807) is 54.6 Å². The molecular weight excluding hydrogens is 476 g/mol. The second kappa shape index (κ2) is 11.7. The number of hydrogen-bond acceptors (Lipinski definition) is 6. The van der Waals surface area contributed by atoms with Crippen LogP contribution in [0, 0.1) is 21.4 Å². The van der Waals surface area contributed by atoms with Crippen molar-refractivity contribution in [3.8, 4) is 6.07 Å². The lowest BCUT2D eigenvalue weighted by molar-refractivity contribution is -0.387. The standard InChI is InChI=1S/C24H17ClN4O4S/c25-18-7-9-20(10-8-18)28-24(31)17(14-26)12-16-6-11-22(21(13-16)29(32)33)34-15-23(30)27-19-4-2-1-3-5-19/h1-13H,15H2,(H,27,30)(H,28,31)/b17-12+. The first kappa shape index (κ1) is 24.5. The number of carbonyl (C=O) groups excluding carboxylic acids is 2. The van der Waals surface area contributed by atoms with Crippen LogP contribution in [0.25, 0.3) is 6.08 Å². The van der Waals surface area contributed by atoms with Gasteiger partial charge in [-0.2, -0.15) is 5.26 Å². The second-order valence-corrected chi connectivity index (χ2v) is 8.27. The average Bonchev–Trinajstić information content (AvgIpc) is 2.83. The first-order chi connectivity index (χ1) is 16.4. The molecule has 3 aromatic rings. The highest BCUT2D eigenvalue weighted by Gasteiger charge is 2.17. The number of para-hydroxylation sites is 1. The minimum absolute atomic E-state index is 0.0299. The number of nitrogens with one attached hydrogen (secondary N) is 2. The van der Waals surface area contributed by atoms with Crippen LogP contribution < -0.4 is 10.6 Å². The third-order valence-corrected chi connectivity index (χ3v) is 5.69. The Balaban J connectivity index is 1.73. The Morgan fingerprint density at radius 2 is 1.71 bits per heavy atom. The first-order valence-corrected chi connectivity index (χ1v) is 11.2. The van der Waals surface area contributed by atoms with Crippen LogP contribution in [0.5, 0.6) is 0 Å². The number of nitriles is 1. The zero-order valence-corrected chi connectivity index (χ0v) is 19.1. The van der Waals surface area contributed by atoms with Crippen molar-refractivity contribution in [2.75, 3.05) is 16.4 Å². The van der Waals surface area contributed by atoms with Crippen LogP contribution in [0.1, 0.15) is 5.56 Å². The van der Waals surface area contributed by atoms with E-state index in [0.717, 1.165) is 11.8 Å². The summed E-state index contributed by atoms with van der Waals surface area (Å²) < 4.78 is 0. The number of benzene rings is 3. The summed E-state index contributed by atoms with van der Waals surface area (Å²) in [6, 6.07) is 21.3. The molecule has 0 aliphatic heterocycles. The first-order valence-electron chi connectivity index (χ1n) is 9.80. The normalized spacial score (nSPS) is 10.8. The molecule has 2 amide bonds. The summed E-state index contributed by atoms with van der Waals surface area (Å²) in [5, 5.41) is 26.8. The summed E-state index contributed by atoms with van der Waals surface area (Å²) >= 11 is 6.83. The number of thioether (sulfide) groups is 1.